The van der Waals surface area contributed by atoms with Crippen LogP contribution in [-0.4, -0.2) is 25.5 Å². The Bertz CT molecular complexity index is 535. The fourth-order valence-corrected chi connectivity index (χ4v) is 4.20. The fraction of sp³-hybridized carbons (Fsp3) is 0.444. The molecule has 0 bridgehead atoms. The zero-order valence-electron chi connectivity index (χ0n) is 8.59. The molecular weight excluding hydrogens is 286 g/mol. The summed E-state index contributed by atoms with van der Waals surface area (Å²) < 4.78 is 26.3. The summed E-state index contributed by atoms with van der Waals surface area (Å²) in [5, 5.41) is 8.95. The molecule has 0 radical (unpaired) electrons. The van der Waals surface area contributed by atoms with Gasteiger partial charge in [0.1, 0.15) is 10.3 Å². The van der Waals surface area contributed by atoms with Crippen molar-refractivity contribution < 1.29 is 18.3 Å². The summed E-state index contributed by atoms with van der Waals surface area (Å²) in [5.74, 6) is -1.24. The molecule has 0 saturated heterocycles. The molecule has 2 N–H and O–H groups in total. The van der Waals surface area contributed by atoms with Crippen molar-refractivity contribution in [1.82, 2.24) is 4.72 Å². The van der Waals surface area contributed by atoms with E-state index >= 15 is 0 Å². The van der Waals surface area contributed by atoms with E-state index in [4.69, 9.17) is 16.7 Å². The van der Waals surface area contributed by atoms with E-state index in [-0.39, 0.29) is 10.1 Å². The molecule has 1 heterocycles. The lowest BCUT2D eigenvalue weighted by molar-refractivity contribution is -0.139. The van der Waals surface area contributed by atoms with Crippen molar-refractivity contribution in [2.45, 2.75) is 23.1 Å². The average molecular weight is 296 g/mol. The molecule has 1 fully saturated rings. The number of rotatable bonds is 5. The van der Waals surface area contributed by atoms with Crippen LogP contribution in [0.4, 0.5) is 0 Å². The SMILES string of the molecule is O=C(O)C(NS(=O)(=O)c1ccc(Cl)s1)C1CC1. The number of sulfonamides is 1. The molecule has 94 valence electrons. The Morgan fingerprint density at radius 1 is 1.53 bits per heavy atom. The molecule has 1 unspecified atom stereocenters. The Balaban J connectivity index is 2.18. The lowest BCUT2D eigenvalue weighted by atomic mass is 10.2. The van der Waals surface area contributed by atoms with Crippen LogP contribution in [0.15, 0.2) is 16.3 Å². The van der Waals surface area contributed by atoms with Gasteiger partial charge in [-0.2, -0.15) is 4.72 Å². The van der Waals surface area contributed by atoms with Gasteiger partial charge in [0, 0.05) is 0 Å². The maximum Gasteiger partial charge on any atom is 0.322 e. The van der Waals surface area contributed by atoms with E-state index in [1.54, 1.807) is 0 Å². The van der Waals surface area contributed by atoms with Crippen molar-refractivity contribution in [3.63, 3.8) is 0 Å². The number of halogens is 1. The monoisotopic (exact) mass is 295 g/mol. The Morgan fingerprint density at radius 2 is 2.18 bits per heavy atom. The maximum absolute atomic E-state index is 11.9. The molecule has 5 nitrogen and oxygen atoms in total. The molecule has 8 heteroatoms. The van der Waals surface area contributed by atoms with Crippen molar-refractivity contribution in [2.75, 3.05) is 0 Å². The number of aliphatic carboxylic acids is 1. The predicted molar refractivity (Wildman–Crippen MR) is 63.8 cm³/mol. The Hall–Kier alpha value is -0.630. The van der Waals surface area contributed by atoms with Gasteiger partial charge in [-0.3, -0.25) is 4.79 Å². The first kappa shape index (κ1) is 12.8. The quantitative estimate of drug-likeness (QED) is 0.863. The van der Waals surface area contributed by atoms with Gasteiger partial charge >= 0.3 is 5.97 Å². The third kappa shape index (κ3) is 2.98. The van der Waals surface area contributed by atoms with Crippen molar-refractivity contribution in [1.29, 1.82) is 0 Å². The van der Waals surface area contributed by atoms with E-state index in [0.717, 1.165) is 24.2 Å². The number of carbonyl (C=O) groups is 1. The van der Waals surface area contributed by atoms with Gasteiger partial charge in [-0.15, -0.1) is 11.3 Å². The Morgan fingerprint density at radius 3 is 2.59 bits per heavy atom. The van der Waals surface area contributed by atoms with Crippen LogP contribution in [0.3, 0.4) is 0 Å². The largest absolute Gasteiger partial charge is 0.480 e. The number of thiophene rings is 1. The van der Waals surface area contributed by atoms with Gasteiger partial charge in [0.05, 0.1) is 4.34 Å². The summed E-state index contributed by atoms with van der Waals surface area (Å²) in [5.41, 5.74) is 0. The molecule has 1 aromatic heterocycles. The summed E-state index contributed by atoms with van der Waals surface area (Å²) in [7, 11) is -3.79. The molecule has 17 heavy (non-hydrogen) atoms. The minimum absolute atomic E-state index is 0.0365. The van der Waals surface area contributed by atoms with Crippen LogP contribution in [0.2, 0.25) is 4.34 Å². The highest BCUT2D eigenvalue weighted by molar-refractivity contribution is 7.91. The number of carboxylic acid groups (broad SMARTS) is 1. The summed E-state index contributed by atoms with van der Waals surface area (Å²) in [6.45, 7) is 0. The van der Waals surface area contributed by atoms with E-state index < -0.39 is 22.0 Å². The molecule has 1 atom stereocenters. The molecule has 0 spiro atoms. The summed E-state index contributed by atoms with van der Waals surface area (Å²) in [4.78, 5) is 10.9. The average Bonchev–Trinajstić information content (AvgIpc) is 2.96. The van der Waals surface area contributed by atoms with E-state index in [9.17, 15) is 13.2 Å². The van der Waals surface area contributed by atoms with Crippen molar-refractivity contribution >= 4 is 38.9 Å². The van der Waals surface area contributed by atoms with E-state index in [1.165, 1.54) is 12.1 Å². The van der Waals surface area contributed by atoms with Crippen LogP contribution in [-0.2, 0) is 14.8 Å². The van der Waals surface area contributed by atoms with Gasteiger partial charge in [-0.05, 0) is 30.9 Å². The first-order chi connectivity index (χ1) is 7.90. The van der Waals surface area contributed by atoms with E-state index in [1.807, 2.05) is 0 Å². The van der Waals surface area contributed by atoms with Crippen LogP contribution in [0.5, 0.6) is 0 Å². The summed E-state index contributed by atoms with van der Waals surface area (Å²) in [6, 6.07) is 1.79. The van der Waals surface area contributed by atoms with Crippen LogP contribution in [0.1, 0.15) is 12.8 Å². The number of nitrogens with one attached hydrogen (secondary N) is 1. The molecule has 1 aliphatic carbocycles. The fourth-order valence-electron chi connectivity index (χ4n) is 1.45. The first-order valence-corrected chi connectivity index (χ1v) is 7.58. The van der Waals surface area contributed by atoms with Gasteiger partial charge in [0.2, 0.25) is 0 Å². The van der Waals surface area contributed by atoms with Crippen molar-refractivity contribution in [3.05, 3.63) is 16.5 Å². The zero-order chi connectivity index (χ0) is 12.6. The topological polar surface area (TPSA) is 83.5 Å². The molecular formula is C9H10ClNO4S2. The molecule has 1 aromatic rings. The summed E-state index contributed by atoms with van der Waals surface area (Å²) in [6.07, 6.45) is 1.48. The standard InChI is InChI=1S/C9H10ClNO4S2/c10-6-3-4-7(16-6)17(14,15)11-8(9(12)13)5-1-2-5/h3-5,8,11H,1-2H2,(H,12,13). The van der Waals surface area contributed by atoms with Crippen LogP contribution < -0.4 is 4.72 Å². The normalized spacial score (nSPS) is 17.9. The maximum atomic E-state index is 11.9. The minimum Gasteiger partial charge on any atom is -0.480 e. The van der Waals surface area contributed by atoms with Gasteiger partial charge in [-0.25, -0.2) is 8.42 Å². The molecule has 1 aliphatic rings. The number of hydrogen-bond acceptors (Lipinski definition) is 4. The highest BCUT2D eigenvalue weighted by atomic mass is 35.5. The van der Waals surface area contributed by atoms with Crippen molar-refractivity contribution in [2.24, 2.45) is 5.92 Å². The second-order valence-electron chi connectivity index (χ2n) is 3.83. The number of hydrogen-bond donors (Lipinski definition) is 2. The Labute approximate surface area is 107 Å². The molecule has 0 aromatic carbocycles. The molecule has 1 saturated carbocycles. The van der Waals surface area contributed by atoms with Crippen LogP contribution in [0, 0.1) is 5.92 Å². The zero-order valence-corrected chi connectivity index (χ0v) is 11.0. The number of carboxylic acids is 1. The molecule has 0 aliphatic heterocycles. The van der Waals surface area contributed by atoms with E-state index in [2.05, 4.69) is 4.72 Å². The van der Waals surface area contributed by atoms with Gasteiger partial charge in [0.25, 0.3) is 10.0 Å². The van der Waals surface area contributed by atoms with Crippen LogP contribution in [0.25, 0.3) is 0 Å². The van der Waals surface area contributed by atoms with Crippen molar-refractivity contribution in [3.8, 4) is 0 Å². The highest BCUT2D eigenvalue weighted by Gasteiger charge is 2.39. The smallest absolute Gasteiger partial charge is 0.322 e. The first-order valence-electron chi connectivity index (χ1n) is 4.90. The van der Waals surface area contributed by atoms with Gasteiger partial charge in [-0.1, -0.05) is 11.6 Å². The summed E-state index contributed by atoms with van der Waals surface area (Å²) >= 11 is 6.55. The van der Waals surface area contributed by atoms with Gasteiger partial charge < -0.3 is 5.11 Å². The van der Waals surface area contributed by atoms with Gasteiger partial charge in [0.15, 0.2) is 0 Å². The molecule has 0 amide bonds. The van der Waals surface area contributed by atoms with Crippen LogP contribution >= 0.6 is 22.9 Å². The molecule has 2 rings (SSSR count). The lowest BCUT2D eigenvalue weighted by Crippen LogP contribution is -2.42. The minimum atomic E-state index is -3.79. The third-order valence-electron chi connectivity index (χ3n) is 2.45. The Kier molecular flexibility index (Phi) is 3.44. The predicted octanol–water partition coefficient (Wildman–Crippen LogP) is 1.54. The second-order valence-corrected chi connectivity index (χ2v) is 7.49. The van der Waals surface area contributed by atoms with E-state index in [0.29, 0.717) is 4.34 Å². The lowest BCUT2D eigenvalue weighted by Gasteiger charge is -2.12. The second kappa shape index (κ2) is 4.56. The third-order valence-corrected chi connectivity index (χ3v) is 5.62. The highest BCUT2D eigenvalue weighted by Crippen LogP contribution is 2.34.